The van der Waals surface area contributed by atoms with Crippen LogP contribution in [0.4, 0.5) is 5.69 Å². The predicted molar refractivity (Wildman–Crippen MR) is 109 cm³/mol. The van der Waals surface area contributed by atoms with Crippen LogP contribution in [-0.4, -0.2) is 51.4 Å². The molecule has 0 saturated carbocycles. The summed E-state index contributed by atoms with van der Waals surface area (Å²) in [6, 6.07) is 4.61. The number of hydrogen-bond donors (Lipinski definition) is 2. The first-order valence-corrected chi connectivity index (χ1v) is 11.4. The molecule has 0 spiro atoms. The summed E-state index contributed by atoms with van der Waals surface area (Å²) >= 11 is 6.14. The van der Waals surface area contributed by atoms with Gasteiger partial charge in [0.05, 0.1) is 18.1 Å². The molecule has 2 N–H and O–H groups in total. The standard InChI is InChI=1S/C19H30ClN3O3S/c1-5-23(6-2)27(25,26)18-10-16(7-8-17(18)20)21-19(24)13-22-11-14(3)9-15(4)12-22/h7-8,10,14-15H,5-6,9,11-13H2,1-4H3,(H,21,24)/p+1/t14-,15-/m1/s1. The molecule has 1 aromatic carbocycles. The lowest BCUT2D eigenvalue weighted by Gasteiger charge is -2.31. The number of hydrogen-bond acceptors (Lipinski definition) is 3. The maximum atomic E-state index is 12.8. The topological polar surface area (TPSA) is 70.9 Å². The number of halogens is 1. The van der Waals surface area contributed by atoms with E-state index in [-0.39, 0.29) is 15.8 Å². The normalized spacial score (nSPS) is 23.4. The highest BCUT2D eigenvalue weighted by Gasteiger charge is 2.28. The number of amides is 1. The van der Waals surface area contributed by atoms with Crippen LogP contribution < -0.4 is 10.2 Å². The van der Waals surface area contributed by atoms with Crippen LogP contribution >= 0.6 is 11.6 Å². The van der Waals surface area contributed by atoms with E-state index < -0.39 is 10.0 Å². The molecule has 0 unspecified atom stereocenters. The molecule has 2 atom stereocenters. The van der Waals surface area contributed by atoms with Crippen LogP contribution in [-0.2, 0) is 14.8 Å². The first kappa shape index (κ1) is 22.1. The van der Waals surface area contributed by atoms with Crippen molar-refractivity contribution in [2.45, 2.75) is 39.0 Å². The van der Waals surface area contributed by atoms with Gasteiger partial charge in [-0.2, -0.15) is 4.31 Å². The molecule has 8 heteroatoms. The molecule has 0 aromatic heterocycles. The number of carbonyl (C=O) groups is 1. The average molecular weight is 417 g/mol. The van der Waals surface area contributed by atoms with Crippen LogP contribution in [0.3, 0.4) is 0 Å². The molecule has 1 aromatic rings. The Kier molecular flexibility index (Phi) is 7.68. The van der Waals surface area contributed by atoms with Crippen LogP contribution in [0.15, 0.2) is 23.1 Å². The van der Waals surface area contributed by atoms with Gasteiger partial charge in [-0.3, -0.25) is 4.79 Å². The van der Waals surface area contributed by atoms with Gasteiger partial charge in [-0.05, 0) is 24.6 Å². The third kappa shape index (κ3) is 5.67. The summed E-state index contributed by atoms with van der Waals surface area (Å²) in [4.78, 5) is 13.8. The van der Waals surface area contributed by atoms with Gasteiger partial charge in [0.2, 0.25) is 10.0 Å². The summed E-state index contributed by atoms with van der Waals surface area (Å²) in [5, 5.41) is 2.99. The Morgan fingerprint density at radius 1 is 1.22 bits per heavy atom. The van der Waals surface area contributed by atoms with Crippen LogP contribution in [0.5, 0.6) is 0 Å². The van der Waals surface area contributed by atoms with Crippen molar-refractivity contribution in [3.63, 3.8) is 0 Å². The van der Waals surface area contributed by atoms with Gasteiger partial charge in [-0.25, -0.2) is 8.42 Å². The molecule has 6 nitrogen and oxygen atoms in total. The Hall–Kier alpha value is -1.15. The monoisotopic (exact) mass is 416 g/mol. The Balaban J connectivity index is 2.12. The lowest BCUT2D eigenvalue weighted by Crippen LogP contribution is -3.15. The zero-order valence-electron chi connectivity index (χ0n) is 16.6. The largest absolute Gasteiger partial charge is 0.327 e. The fraction of sp³-hybridized carbons (Fsp3) is 0.632. The van der Waals surface area contributed by atoms with Crippen molar-refractivity contribution in [2.75, 3.05) is 38.0 Å². The van der Waals surface area contributed by atoms with Crippen molar-refractivity contribution in [1.82, 2.24) is 4.31 Å². The summed E-state index contributed by atoms with van der Waals surface area (Å²) in [6.07, 6.45) is 1.20. The highest BCUT2D eigenvalue weighted by atomic mass is 35.5. The molecule has 1 aliphatic rings. The first-order valence-electron chi connectivity index (χ1n) is 9.60. The van der Waals surface area contributed by atoms with E-state index in [0.29, 0.717) is 37.2 Å². The molecule has 0 radical (unpaired) electrons. The number of piperidine rings is 1. The molecular weight excluding hydrogens is 386 g/mol. The summed E-state index contributed by atoms with van der Waals surface area (Å²) in [6.45, 7) is 11.1. The van der Waals surface area contributed by atoms with Gasteiger partial charge in [0, 0.05) is 30.6 Å². The highest BCUT2D eigenvalue weighted by Crippen LogP contribution is 2.27. The fourth-order valence-corrected chi connectivity index (χ4v) is 5.94. The van der Waals surface area contributed by atoms with Crippen LogP contribution in [0.25, 0.3) is 0 Å². The molecule has 0 bridgehead atoms. The van der Waals surface area contributed by atoms with Crippen LogP contribution in [0, 0.1) is 11.8 Å². The van der Waals surface area contributed by atoms with Gasteiger partial charge in [-0.1, -0.05) is 39.3 Å². The molecule has 1 aliphatic heterocycles. The molecule has 1 fully saturated rings. The second-order valence-corrected chi connectivity index (χ2v) is 9.88. The zero-order valence-corrected chi connectivity index (χ0v) is 18.2. The number of sulfonamides is 1. The molecule has 1 heterocycles. The van der Waals surface area contributed by atoms with E-state index in [4.69, 9.17) is 11.6 Å². The van der Waals surface area contributed by atoms with Crippen molar-refractivity contribution >= 4 is 33.2 Å². The number of nitrogens with one attached hydrogen (secondary N) is 2. The van der Waals surface area contributed by atoms with E-state index in [0.717, 1.165) is 13.1 Å². The SMILES string of the molecule is CCN(CC)S(=O)(=O)c1cc(NC(=O)C[NH+]2C[C@H](C)C[C@@H](C)C2)ccc1Cl. The first-order chi connectivity index (χ1) is 12.7. The molecule has 152 valence electrons. The molecule has 2 rings (SSSR count). The zero-order chi connectivity index (χ0) is 20.2. The molecular formula is C19H31ClN3O3S+. The van der Waals surface area contributed by atoms with Crippen LogP contribution in [0.1, 0.15) is 34.1 Å². The minimum Gasteiger partial charge on any atom is -0.327 e. The third-order valence-electron chi connectivity index (χ3n) is 5.03. The Morgan fingerprint density at radius 2 is 1.81 bits per heavy atom. The smallest absolute Gasteiger partial charge is 0.279 e. The lowest BCUT2D eigenvalue weighted by atomic mass is 9.92. The summed E-state index contributed by atoms with van der Waals surface area (Å²) in [5.41, 5.74) is 0.452. The quantitative estimate of drug-likeness (QED) is 0.712. The maximum absolute atomic E-state index is 12.8. The van der Waals surface area contributed by atoms with Gasteiger partial charge in [0.1, 0.15) is 4.90 Å². The fourth-order valence-electron chi connectivity index (χ4n) is 3.98. The Morgan fingerprint density at radius 3 is 2.37 bits per heavy atom. The lowest BCUT2D eigenvalue weighted by molar-refractivity contribution is -0.904. The second-order valence-electron chi connectivity index (χ2n) is 7.56. The minimum absolute atomic E-state index is 0.0261. The molecule has 0 aliphatic carbocycles. The Bertz CT molecular complexity index is 755. The number of nitrogens with zero attached hydrogens (tertiary/aromatic N) is 1. The van der Waals surface area contributed by atoms with Crippen molar-refractivity contribution in [1.29, 1.82) is 0 Å². The minimum atomic E-state index is -3.69. The number of quaternary nitrogens is 1. The van der Waals surface area contributed by atoms with E-state index in [9.17, 15) is 13.2 Å². The van der Waals surface area contributed by atoms with Crippen LogP contribution in [0.2, 0.25) is 5.02 Å². The number of carbonyl (C=O) groups excluding carboxylic acids is 1. The van der Waals surface area contributed by atoms with Gasteiger partial charge in [0.15, 0.2) is 6.54 Å². The van der Waals surface area contributed by atoms with E-state index in [2.05, 4.69) is 19.2 Å². The van der Waals surface area contributed by atoms with Gasteiger partial charge < -0.3 is 10.2 Å². The summed E-state index contributed by atoms with van der Waals surface area (Å²) in [5.74, 6) is 1.11. The van der Waals surface area contributed by atoms with Crippen molar-refractivity contribution < 1.29 is 18.1 Å². The van der Waals surface area contributed by atoms with Gasteiger partial charge in [-0.15, -0.1) is 0 Å². The number of rotatable bonds is 7. The third-order valence-corrected chi connectivity index (χ3v) is 7.56. The second kappa shape index (κ2) is 9.37. The molecule has 27 heavy (non-hydrogen) atoms. The van der Waals surface area contributed by atoms with E-state index in [1.165, 1.54) is 27.8 Å². The van der Waals surface area contributed by atoms with Crippen molar-refractivity contribution in [3.05, 3.63) is 23.2 Å². The van der Waals surface area contributed by atoms with Crippen molar-refractivity contribution in [3.8, 4) is 0 Å². The number of likely N-dealkylation sites (tertiary alicyclic amines) is 1. The predicted octanol–water partition coefficient (Wildman–Crippen LogP) is 1.87. The maximum Gasteiger partial charge on any atom is 0.279 e. The van der Waals surface area contributed by atoms with Gasteiger partial charge >= 0.3 is 0 Å². The number of benzene rings is 1. The van der Waals surface area contributed by atoms with Crippen molar-refractivity contribution in [2.24, 2.45) is 11.8 Å². The molecule has 1 saturated heterocycles. The van der Waals surface area contributed by atoms with E-state index >= 15 is 0 Å². The van der Waals surface area contributed by atoms with E-state index in [1.807, 2.05) is 0 Å². The molecule has 1 amide bonds. The summed E-state index contributed by atoms with van der Waals surface area (Å²) < 4.78 is 26.9. The highest BCUT2D eigenvalue weighted by molar-refractivity contribution is 7.89. The average Bonchev–Trinajstić information content (AvgIpc) is 2.56. The summed E-state index contributed by atoms with van der Waals surface area (Å²) in [7, 11) is -3.69. The van der Waals surface area contributed by atoms with Gasteiger partial charge in [0.25, 0.3) is 5.91 Å². The van der Waals surface area contributed by atoms with E-state index in [1.54, 1.807) is 19.9 Å². The number of anilines is 1. The Labute approximate surface area is 167 Å².